The Kier molecular flexibility index (Phi) is 5.61. The molecule has 0 N–H and O–H groups in total. The van der Waals surface area contributed by atoms with Crippen LogP contribution in [-0.2, 0) is 11.4 Å². The van der Waals surface area contributed by atoms with E-state index in [9.17, 15) is 4.55 Å². The third-order valence-corrected chi connectivity index (χ3v) is 4.89. The maximum Gasteiger partial charge on any atom is 0.248 e. The van der Waals surface area contributed by atoms with Gasteiger partial charge in [-0.25, -0.2) is 9.97 Å². The van der Waals surface area contributed by atoms with Gasteiger partial charge in [0.15, 0.2) is 17.5 Å². The van der Waals surface area contributed by atoms with Gasteiger partial charge in [0.2, 0.25) is 23.5 Å². The molecule has 0 spiro atoms. The van der Waals surface area contributed by atoms with Gasteiger partial charge in [-0.1, -0.05) is 11.6 Å². The monoisotopic (exact) mass is 340 g/mol. The number of fused-ring (bicyclic) bond motifs is 1. The van der Waals surface area contributed by atoms with E-state index in [1.807, 2.05) is 20.8 Å². The molecule has 1 heterocycles. The zero-order valence-corrected chi connectivity index (χ0v) is 14.6. The molecule has 1 atom stereocenters. The predicted octanol–water partition coefficient (Wildman–Crippen LogP) is 2.82. The zero-order chi connectivity index (χ0) is 16.3. The number of rotatable bonds is 5. The predicted molar refractivity (Wildman–Crippen MR) is 90.3 cm³/mol. The molecule has 0 amide bonds. The molecule has 0 aliphatic carbocycles. The molecule has 22 heavy (non-hydrogen) atoms. The minimum atomic E-state index is -1.13. The number of ether oxygens (including phenoxy) is 1. The Morgan fingerprint density at radius 2 is 2.09 bits per heavy atom. The Balaban J connectivity index is 2.57. The highest BCUT2D eigenvalue weighted by Crippen LogP contribution is 2.21. The van der Waals surface area contributed by atoms with Gasteiger partial charge in [0, 0.05) is 5.02 Å². The van der Waals surface area contributed by atoms with Crippen LogP contribution >= 0.6 is 11.6 Å². The van der Waals surface area contributed by atoms with Crippen molar-refractivity contribution in [2.24, 2.45) is 0 Å². The first-order chi connectivity index (χ1) is 10.5. The molecule has 0 fully saturated rings. The van der Waals surface area contributed by atoms with Crippen LogP contribution in [0.1, 0.15) is 26.5 Å². The van der Waals surface area contributed by atoms with Gasteiger partial charge in [-0.3, -0.25) is 0 Å². The number of aromatic nitrogens is 2. The van der Waals surface area contributed by atoms with E-state index in [0.717, 1.165) is 0 Å². The highest BCUT2D eigenvalue weighted by molar-refractivity contribution is 7.86. The Morgan fingerprint density at radius 1 is 1.36 bits per heavy atom. The van der Waals surface area contributed by atoms with Crippen LogP contribution in [0.15, 0.2) is 18.2 Å². The summed E-state index contributed by atoms with van der Waals surface area (Å²) in [4.78, 5) is 8.96. The molecular weight excluding hydrogens is 322 g/mol. The standard InChI is InChI=1S/C15H19ClN3O2S/c1-5-19(22(20)10(2)3)9-14-15(21-4)18-12-7-6-11(16)8-13(12)17-14/h6-10H,5H2,1-4H3/q+1/t22-/m0/s1. The fourth-order valence-corrected chi connectivity index (χ4v) is 3.10. The summed E-state index contributed by atoms with van der Waals surface area (Å²) < 4.78 is 19.3. The fraction of sp³-hybridized carbons (Fsp3) is 0.400. The Bertz CT molecular complexity index is 706. The number of benzene rings is 1. The molecule has 0 saturated carbocycles. The highest BCUT2D eigenvalue weighted by atomic mass is 35.5. The second-order valence-electron chi connectivity index (χ2n) is 4.94. The van der Waals surface area contributed by atoms with E-state index >= 15 is 0 Å². The van der Waals surface area contributed by atoms with Crippen molar-refractivity contribution in [2.45, 2.75) is 26.0 Å². The summed E-state index contributed by atoms with van der Waals surface area (Å²) in [5, 5.41) is 0.612. The van der Waals surface area contributed by atoms with Crippen molar-refractivity contribution in [3.05, 3.63) is 28.9 Å². The summed E-state index contributed by atoms with van der Waals surface area (Å²) in [6, 6.07) is 5.30. The van der Waals surface area contributed by atoms with Gasteiger partial charge in [-0.2, -0.15) is 0 Å². The number of hydrogen-bond donors (Lipinski definition) is 0. The first kappa shape index (κ1) is 17.0. The molecule has 2 aromatic rings. The van der Waals surface area contributed by atoms with Crippen molar-refractivity contribution in [3.8, 4) is 5.88 Å². The van der Waals surface area contributed by atoms with Crippen LogP contribution in [-0.4, -0.2) is 43.6 Å². The summed E-state index contributed by atoms with van der Waals surface area (Å²) in [5.41, 5.74) is 1.91. The number of methoxy groups -OCH3 is 1. The summed E-state index contributed by atoms with van der Waals surface area (Å²) >= 11 is 4.87. The topological polar surface area (TPSA) is 61.1 Å². The van der Waals surface area contributed by atoms with Crippen LogP contribution in [0, 0.1) is 0 Å². The Hall–Kier alpha value is -1.37. The molecule has 0 aliphatic heterocycles. The van der Waals surface area contributed by atoms with Crippen molar-refractivity contribution >= 4 is 40.2 Å². The van der Waals surface area contributed by atoms with E-state index in [1.165, 1.54) is 0 Å². The Morgan fingerprint density at radius 3 is 2.68 bits per heavy atom. The maximum absolute atomic E-state index is 12.3. The molecule has 1 aromatic carbocycles. The van der Waals surface area contributed by atoms with Crippen molar-refractivity contribution in [3.63, 3.8) is 0 Å². The molecule has 7 heteroatoms. The maximum atomic E-state index is 12.3. The van der Waals surface area contributed by atoms with Crippen LogP contribution in [0.2, 0.25) is 5.02 Å². The van der Waals surface area contributed by atoms with E-state index in [0.29, 0.717) is 34.2 Å². The van der Waals surface area contributed by atoms with Gasteiger partial charge in [0.05, 0.1) is 18.1 Å². The molecule has 118 valence electrons. The number of nitrogens with zero attached hydrogens (tertiary/aromatic N) is 3. The van der Waals surface area contributed by atoms with E-state index in [-0.39, 0.29) is 5.25 Å². The minimum Gasteiger partial charge on any atom is -0.557 e. The van der Waals surface area contributed by atoms with Gasteiger partial charge < -0.3 is 9.29 Å². The molecular formula is C15H19ClN3O2S+. The summed E-state index contributed by atoms with van der Waals surface area (Å²) in [6.45, 7) is 6.36. The molecule has 0 saturated heterocycles. The lowest BCUT2D eigenvalue weighted by Crippen LogP contribution is -2.29. The van der Waals surface area contributed by atoms with Gasteiger partial charge in [-0.05, 0) is 43.0 Å². The summed E-state index contributed by atoms with van der Waals surface area (Å²) in [6.07, 6.45) is 1.72. The fourth-order valence-electron chi connectivity index (χ4n) is 1.94. The van der Waals surface area contributed by atoms with Crippen molar-refractivity contribution in [1.82, 2.24) is 9.97 Å². The highest BCUT2D eigenvalue weighted by Gasteiger charge is 2.26. The van der Waals surface area contributed by atoms with Gasteiger partial charge >= 0.3 is 0 Å². The second kappa shape index (κ2) is 7.26. The van der Waals surface area contributed by atoms with Crippen molar-refractivity contribution in [2.75, 3.05) is 13.7 Å². The molecule has 2 rings (SSSR count). The Labute approximate surface area is 138 Å². The molecule has 1 aromatic heterocycles. The van der Waals surface area contributed by atoms with Crippen LogP contribution in [0.25, 0.3) is 11.0 Å². The van der Waals surface area contributed by atoms with Gasteiger partial charge in [0.25, 0.3) is 0 Å². The van der Waals surface area contributed by atoms with Crippen LogP contribution < -0.4 is 4.74 Å². The average Bonchev–Trinajstić information content (AvgIpc) is 2.50. The normalized spacial score (nSPS) is 13.7. The van der Waals surface area contributed by atoms with Crippen LogP contribution in [0.5, 0.6) is 5.88 Å². The quantitative estimate of drug-likeness (QED) is 0.477. The third-order valence-electron chi connectivity index (χ3n) is 3.03. The smallest absolute Gasteiger partial charge is 0.248 e. The van der Waals surface area contributed by atoms with Gasteiger partial charge in [0.1, 0.15) is 0 Å². The largest absolute Gasteiger partial charge is 0.557 e. The minimum absolute atomic E-state index is 0.0186. The molecule has 0 bridgehead atoms. The summed E-state index contributed by atoms with van der Waals surface area (Å²) in [7, 11) is 1.54. The lowest BCUT2D eigenvalue weighted by atomic mass is 10.3. The zero-order valence-electron chi connectivity index (χ0n) is 13.0. The third kappa shape index (κ3) is 3.69. The lowest BCUT2D eigenvalue weighted by molar-refractivity contribution is -0.356. The van der Waals surface area contributed by atoms with Crippen LogP contribution in [0.4, 0.5) is 0 Å². The van der Waals surface area contributed by atoms with Crippen molar-refractivity contribution < 1.29 is 13.3 Å². The average molecular weight is 341 g/mol. The molecule has 5 nitrogen and oxygen atoms in total. The SMILES string of the molecule is CC/[N+](=C\c1nc2cc(Cl)ccc2nc1OC)[S@@+]([O-])C(C)C. The van der Waals surface area contributed by atoms with E-state index < -0.39 is 11.4 Å². The summed E-state index contributed by atoms with van der Waals surface area (Å²) in [5.74, 6) is 0.397. The number of halogens is 1. The first-order valence-electron chi connectivity index (χ1n) is 6.99. The van der Waals surface area contributed by atoms with Gasteiger partial charge in [-0.15, -0.1) is 0 Å². The van der Waals surface area contributed by atoms with E-state index in [4.69, 9.17) is 16.3 Å². The van der Waals surface area contributed by atoms with Crippen LogP contribution in [0.3, 0.4) is 0 Å². The molecule has 0 unspecified atom stereocenters. The lowest BCUT2D eigenvalue weighted by Gasteiger charge is -2.09. The second-order valence-corrected chi connectivity index (χ2v) is 7.34. The first-order valence-corrected chi connectivity index (χ1v) is 8.54. The van der Waals surface area contributed by atoms with Crippen molar-refractivity contribution in [1.29, 1.82) is 0 Å². The molecule has 0 aliphatic rings. The van der Waals surface area contributed by atoms with E-state index in [2.05, 4.69) is 9.97 Å². The number of hydrogen-bond acceptors (Lipinski definition) is 4. The molecule has 0 radical (unpaired) electrons. The van der Waals surface area contributed by atoms with E-state index in [1.54, 1.807) is 35.5 Å².